The number of furan rings is 1. The van der Waals surface area contributed by atoms with Gasteiger partial charge in [-0.15, -0.1) is 0 Å². The number of nitrogens with zero attached hydrogens (tertiary/aromatic N) is 2. The molecule has 2 heterocycles. The van der Waals surface area contributed by atoms with Gasteiger partial charge in [-0.1, -0.05) is 36.4 Å². The highest BCUT2D eigenvalue weighted by molar-refractivity contribution is 6.08. The van der Waals surface area contributed by atoms with E-state index in [2.05, 4.69) is 67.1 Å². The van der Waals surface area contributed by atoms with Crippen molar-refractivity contribution in [2.45, 2.75) is 27.7 Å². The number of aromatic nitrogens is 1. The first-order valence-electron chi connectivity index (χ1n) is 10.9. The van der Waals surface area contributed by atoms with Gasteiger partial charge in [0.15, 0.2) is 5.76 Å². The van der Waals surface area contributed by atoms with Crippen molar-refractivity contribution in [2.24, 2.45) is 5.10 Å². The number of carbonyl (C=O) groups is 1. The standard InChI is InChI=1S/C28H25N3O2/c1-17-9-11-23(13-18(17)2)31-19(3)14-22(20(31)4)16-29-30-28(32)27-15-25-24-8-6-5-7-21(24)10-12-26(25)33-27/h5-16H,1-4H3,(H,30,32). The Bertz CT molecular complexity index is 1550. The Hall–Kier alpha value is -4.12. The first-order valence-corrected chi connectivity index (χ1v) is 10.9. The summed E-state index contributed by atoms with van der Waals surface area (Å²) in [4.78, 5) is 12.7. The molecule has 0 aliphatic rings. The minimum atomic E-state index is -0.380. The Balaban J connectivity index is 1.38. The molecule has 5 heteroatoms. The van der Waals surface area contributed by atoms with Crippen molar-refractivity contribution in [3.63, 3.8) is 0 Å². The minimum absolute atomic E-state index is 0.235. The maximum Gasteiger partial charge on any atom is 0.307 e. The minimum Gasteiger partial charge on any atom is -0.451 e. The van der Waals surface area contributed by atoms with Crippen LogP contribution in [0.1, 0.15) is 38.6 Å². The van der Waals surface area contributed by atoms with E-state index in [1.165, 1.54) is 11.1 Å². The quantitative estimate of drug-likeness (QED) is 0.263. The van der Waals surface area contributed by atoms with Gasteiger partial charge in [0.2, 0.25) is 0 Å². The summed E-state index contributed by atoms with van der Waals surface area (Å²) in [5.41, 5.74) is 10.0. The van der Waals surface area contributed by atoms with Crippen LogP contribution in [0.4, 0.5) is 0 Å². The van der Waals surface area contributed by atoms with Gasteiger partial charge in [0.1, 0.15) is 5.58 Å². The molecule has 0 unspecified atom stereocenters. The zero-order valence-corrected chi connectivity index (χ0v) is 19.1. The number of aryl methyl sites for hydroxylation is 3. The molecule has 2 aromatic heterocycles. The summed E-state index contributed by atoms with van der Waals surface area (Å²) in [5, 5.41) is 7.27. The average Bonchev–Trinajstić information content (AvgIpc) is 3.37. The van der Waals surface area contributed by atoms with E-state index in [9.17, 15) is 4.79 Å². The third kappa shape index (κ3) is 3.72. The molecule has 0 bridgehead atoms. The number of rotatable bonds is 4. The summed E-state index contributed by atoms with van der Waals surface area (Å²) < 4.78 is 7.97. The number of carbonyl (C=O) groups excluding carboxylic acids is 1. The predicted molar refractivity (Wildman–Crippen MR) is 133 cm³/mol. The molecule has 0 aliphatic heterocycles. The molecule has 164 valence electrons. The SMILES string of the molecule is Cc1ccc(-n2c(C)cc(C=NNC(=O)c3cc4c(ccc5ccccc54)o3)c2C)cc1C. The number of hydrogen-bond acceptors (Lipinski definition) is 3. The summed E-state index contributed by atoms with van der Waals surface area (Å²) in [5.74, 6) is -0.145. The monoisotopic (exact) mass is 435 g/mol. The van der Waals surface area contributed by atoms with E-state index in [0.717, 1.165) is 38.8 Å². The molecule has 5 nitrogen and oxygen atoms in total. The van der Waals surface area contributed by atoms with Crippen LogP contribution in [0, 0.1) is 27.7 Å². The molecule has 0 radical (unpaired) electrons. The highest BCUT2D eigenvalue weighted by Gasteiger charge is 2.14. The second kappa shape index (κ2) is 8.10. The first-order chi connectivity index (χ1) is 15.9. The normalized spacial score (nSPS) is 11.6. The maximum atomic E-state index is 12.7. The third-order valence-electron chi connectivity index (χ3n) is 6.24. The summed E-state index contributed by atoms with van der Waals surface area (Å²) in [7, 11) is 0. The van der Waals surface area contributed by atoms with E-state index >= 15 is 0 Å². The number of nitrogens with one attached hydrogen (secondary N) is 1. The summed E-state index contributed by atoms with van der Waals surface area (Å²) in [6, 6.07) is 22.2. The lowest BCUT2D eigenvalue weighted by Crippen LogP contribution is -2.16. The molecule has 5 rings (SSSR count). The second-order valence-corrected chi connectivity index (χ2v) is 8.44. The molecule has 1 amide bonds. The van der Waals surface area contributed by atoms with Crippen molar-refractivity contribution in [2.75, 3.05) is 0 Å². The number of fused-ring (bicyclic) bond motifs is 3. The molecule has 33 heavy (non-hydrogen) atoms. The Morgan fingerprint density at radius 1 is 0.909 bits per heavy atom. The highest BCUT2D eigenvalue weighted by atomic mass is 16.3. The van der Waals surface area contributed by atoms with Gasteiger partial charge in [-0.05, 0) is 79.9 Å². The highest BCUT2D eigenvalue weighted by Crippen LogP contribution is 2.28. The van der Waals surface area contributed by atoms with Crippen LogP contribution < -0.4 is 5.43 Å². The zero-order valence-electron chi connectivity index (χ0n) is 19.1. The van der Waals surface area contributed by atoms with Gasteiger partial charge in [0.05, 0.1) is 6.21 Å². The molecular weight excluding hydrogens is 410 g/mol. The molecule has 0 fully saturated rings. The fourth-order valence-electron chi connectivity index (χ4n) is 4.30. The van der Waals surface area contributed by atoms with E-state index < -0.39 is 0 Å². The lowest BCUT2D eigenvalue weighted by Gasteiger charge is -2.11. The van der Waals surface area contributed by atoms with E-state index in [4.69, 9.17) is 4.42 Å². The fraction of sp³-hybridized carbons (Fsp3) is 0.143. The maximum absolute atomic E-state index is 12.7. The van der Waals surface area contributed by atoms with Crippen molar-refractivity contribution in [3.8, 4) is 5.69 Å². The number of hydrogen-bond donors (Lipinski definition) is 1. The molecular formula is C28H25N3O2. The van der Waals surface area contributed by atoms with Gasteiger partial charge in [0.25, 0.3) is 0 Å². The van der Waals surface area contributed by atoms with Crippen LogP contribution in [-0.4, -0.2) is 16.7 Å². The Morgan fingerprint density at radius 2 is 1.73 bits per heavy atom. The lowest BCUT2D eigenvalue weighted by atomic mass is 10.1. The van der Waals surface area contributed by atoms with E-state index in [-0.39, 0.29) is 11.7 Å². The van der Waals surface area contributed by atoms with Crippen LogP contribution in [0.15, 0.2) is 76.2 Å². The first kappa shape index (κ1) is 20.8. The number of hydrazone groups is 1. The van der Waals surface area contributed by atoms with E-state index in [1.54, 1.807) is 12.3 Å². The summed E-state index contributed by atoms with van der Waals surface area (Å²) in [6.45, 7) is 8.35. The van der Waals surface area contributed by atoms with E-state index in [0.29, 0.717) is 5.58 Å². The van der Waals surface area contributed by atoms with Crippen LogP contribution in [0.3, 0.4) is 0 Å². The average molecular weight is 436 g/mol. The zero-order chi connectivity index (χ0) is 23.1. The van der Waals surface area contributed by atoms with Crippen LogP contribution in [0.25, 0.3) is 27.4 Å². The van der Waals surface area contributed by atoms with Crippen molar-refractivity contribution >= 4 is 33.9 Å². The van der Waals surface area contributed by atoms with Crippen LogP contribution in [0.5, 0.6) is 0 Å². The molecule has 0 spiro atoms. The fourth-order valence-corrected chi connectivity index (χ4v) is 4.30. The molecule has 0 aliphatic carbocycles. The lowest BCUT2D eigenvalue weighted by molar-refractivity contribution is 0.0929. The number of amides is 1. The van der Waals surface area contributed by atoms with Gasteiger partial charge in [-0.25, -0.2) is 5.43 Å². The molecule has 0 saturated heterocycles. The smallest absolute Gasteiger partial charge is 0.307 e. The molecule has 3 aromatic carbocycles. The van der Waals surface area contributed by atoms with Crippen molar-refractivity contribution in [1.29, 1.82) is 0 Å². The molecule has 5 aromatic rings. The Kier molecular flexibility index (Phi) is 5.09. The van der Waals surface area contributed by atoms with Crippen molar-refractivity contribution < 1.29 is 9.21 Å². The largest absolute Gasteiger partial charge is 0.451 e. The second-order valence-electron chi connectivity index (χ2n) is 8.44. The Morgan fingerprint density at radius 3 is 2.55 bits per heavy atom. The third-order valence-corrected chi connectivity index (χ3v) is 6.24. The van der Waals surface area contributed by atoms with Crippen LogP contribution >= 0.6 is 0 Å². The van der Waals surface area contributed by atoms with Crippen LogP contribution in [-0.2, 0) is 0 Å². The molecule has 1 N–H and O–H groups in total. The van der Waals surface area contributed by atoms with Crippen LogP contribution in [0.2, 0.25) is 0 Å². The van der Waals surface area contributed by atoms with Gasteiger partial charge in [0, 0.05) is 28.0 Å². The predicted octanol–water partition coefficient (Wildman–Crippen LogP) is 6.37. The van der Waals surface area contributed by atoms with Gasteiger partial charge >= 0.3 is 5.91 Å². The van der Waals surface area contributed by atoms with Crippen molar-refractivity contribution in [1.82, 2.24) is 9.99 Å². The van der Waals surface area contributed by atoms with Gasteiger partial charge in [-0.3, -0.25) is 4.79 Å². The summed E-state index contributed by atoms with van der Waals surface area (Å²) >= 11 is 0. The number of benzene rings is 3. The van der Waals surface area contributed by atoms with Crippen molar-refractivity contribution in [3.05, 3.63) is 101 Å². The van der Waals surface area contributed by atoms with E-state index in [1.807, 2.05) is 36.4 Å². The molecule has 0 atom stereocenters. The Labute approximate surface area is 192 Å². The van der Waals surface area contributed by atoms with Gasteiger partial charge < -0.3 is 8.98 Å². The summed E-state index contributed by atoms with van der Waals surface area (Å²) in [6.07, 6.45) is 1.68. The molecule has 0 saturated carbocycles. The topological polar surface area (TPSA) is 59.5 Å². The van der Waals surface area contributed by atoms with Gasteiger partial charge in [-0.2, -0.15) is 5.10 Å².